The molecule has 3 atom stereocenters. The van der Waals surface area contributed by atoms with E-state index in [4.69, 9.17) is 4.74 Å². The summed E-state index contributed by atoms with van der Waals surface area (Å²) in [5.41, 5.74) is -2.85. The van der Waals surface area contributed by atoms with Crippen LogP contribution in [0.3, 0.4) is 0 Å². The maximum absolute atomic E-state index is 14.4. The number of nitrogens with one attached hydrogen (secondary N) is 1. The molecular weight excluding hydrogens is 784 g/mol. The van der Waals surface area contributed by atoms with E-state index in [1.807, 2.05) is 0 Å². The molecule has 5 fully saturated rings. The summed E-state index contributed by atoms with van der Waals surface area (Å²) in [6, 6.07) is 4.25. The van der Waals surface area contributed by atoms with Crippen molar-refractivity contribution in [3.8, 4) is 0 Å². The van der Waals surface area contributed by atoms with Crippen LogP contribution in [0.4, 0.5) is 35.1 Å². The molecule has 4 amide bonds. The van der Waals surface area contributed by atoms with Crippen LogP contribution in [0, 0.1) is 28.5 Å². The smallest absolute Gasteiger partial charge is 0.376 e. The summed E-state index contributed by atoms with van der Waals surface area (Å²) in [4.78, 5) is 59.1. The largest absolute Gasteiger partial charge is 0.403 e. The Hall–Kier alpha value is -4.29. The molecule has 3 aliphatic heterocycles. The summed E-state index contributed by atoms with van der Waals surface area (Å²) in [5.74, 6) is -10.7. The fourth-order valence-electron chi connectivity index (χ4n) is 8.76. The van der Waals surface area contributed by atoms with Crippen molar-refractivity contribution in [2.24, 2.45) is 22.7 Å². The van der Waals surface area contributed by atoms with Gasteiger partial charge in [0.15, 0.2) is 0 Å². The lowest BCUT2D eigenvalue weighted by Crippen LogP contribution is -2.67. The van der Waals surface area contributed by atoms with Gasteiger partial charge in [0.05, 0.1) is 30.3 Å². The average Bonchev–Trinajstić information content (AvgIpc) is 3.70. The van der Waals surface area contributed by atoms with Crippen molar-refractivity contribution in [1.29, 1.82) is 0 Å². The van der Waals surface area contributed by atoms with Gasteiger partial charge in [-0.05, 0) is 56.2 Å². The first-order valence-corrected chi connectivity index (χ1v) is 19.6. The number of carbonyl (C=O) groups excluding carboxylic acids is 4. The lowest BCUT2D eigenvalue weighted by molar-refractivity contribution is -0.205. The second kappa shape index (κ2) is 15.4. The Bertz CT molecular complexity index is 1860. The Kier molecular flexibility index (Phi) is 11.1. The van der Waals surface area contributed by atoms with E-state index in [1.54, 1.807) is 12.1 Å². The van der Waals surface area contributed by atoms with Crippen LogP contribution < -0.4 is 5.32 Å². The third kappa shape index (κ3) is 8.55. The highest BCUT2D eigenvalue weighted by Crippen LogP contribution is 2.60. The molecule has 19 heteroatoms. The SMILES string of the molecule is C[C@@H](OCC1CCC(F)(F)CC1)[C@H](NC(=O)[C@H]1CN(C(=O)c2cnn(Cc3ccc(F)cc3)c2)CC12CN(C(=O)C1(C(F)(F)F)CC1)C2)C(=O)N1CCC(F)(F)CC1. The Morgan fingerprint density at radius 3 is 2.09 bits per heavy atom. The Balaban J connectivity index is 1.10. The van der Waals surface area contributed by atoms with Gasteiger partial charge in [-0.25, -0.2) is 22.0 Å². The van der Waals surface area contributed by atoms with E-state index in [-0.39, 0.29) is 102 Å². The lowest BCUT2D eigenvalue weighted by atomic mass is 9.70. The molecule has 1 aromatic carbocycles. The number of alkyl halides is 7. The van der Waals surface area contributed by atoms with Crippen molar-refractivity contribution in [2.75, 3.05) is 45.9 Å². The zero-order valence-corrected chi connectivity index (χ0v) is 31.9. The average molecular weight is 831 g/mol. The van der Waals surface area contributed by atoms with Crippen molar-refractivity contribution >= 4 is 23.6 Å². The van der Waals surface area contributed by atoms with Crippen LogP contribution in [0.2, 0.25) is 0 Å². The summed E-state index contributed by atoms with van der Waals surface area (Å²) in [5, 5.41) is 6.95. The molecule has 0 radical (unpaired) electrons. The summed E-state index contributed by atoms with van der Waals surface area (Å²) < 4.78 is 118. The molecule has 1 spiro atoms. The van der Waals surface area contributed by atoms with Gasteiger partial charge in [-0.2, -0.15) is 18.3 Å². The number of carbonyl (C=O) groups is 4. The van der Waals surface area contributed by atoms with E-state index >= 15 is 0 Å². The number of hydrogen-bond acceptors (Lipinski definition) is 6. The van der Waals surface area contributed by atoms with E-state index in [9.17, 15) is 54.3 Å². The van der Waals surface area contributed by atoms with Crippen LogP contribution in [0.1, 0.15) is 74.2 Å². The number of piperidine rings is 1. The van der Waals surface area contributed by atoms with E-state index in [2.05, 4.69) is 10.4 Å². The fraction of sp³-hybridized carbons (Fsp3) is 0.667. The first-order valence-electron chi connectivity index (χ1n) is 19.6. The van der Waals surface area contributed by atoms with E-state index in [1.165, 1.54) is 45.9 Å². The predicted molar refractivity (Wildman–Crippen MR) is 189 cm³/mol. The fourth-order valence-corrected chi connectivity index (χ4v) is 8.76. The summed E-state index contributed by atoms with van der Waals surface area (Å²) >= 11 is 0. The molecule has 7 rings (SSSR count). The molecule has 2 aliphatic carbocycles. The van der Waals surface area contributed by atoms with E-state index < -0.39 is 89.2 Å². The quantitative estimate of drug-likeness (QED) is 0.308. The standard InChI is InChI=1S/C39H46F8N6O5/c1-24(58-20-26-6-8-37(41,42)9-7-26)30(33(56)50-14-12-38(43,44)13-15-50)49-31(54)29-19-51(21-35(29)22-52(23-35)34(57)36(10-11-36)39(45,46)47)32(55)27-16-48-53(18-27)17-25-2-4-28(40)5-3-25/h2-5,16,18,24,26,29-30H,6-15,17,19-23H2,1H3,(H,49,54)/t24-,29-,30+/m1/s1. The van der Waals surface area contributed by atoms with Crippen molar-refractivity contribution in [2.45, 2.75) is 95.0 Å². The first-order chi connectivity index (χ1) is 27.2. The van der Waals surface area contributed by atoms with Crippen LogP contribution in [-0.4, -0.2) is 124 Å². The normalized spacial score (nSPS) is 24.6. The Morgan fingerprint density at radius 2 is 1.48 bits per heavy atom. The van der Waals surface area contributed by atoms with Gasteiger partial charge in [-0.1, -0.05) is 12.1 Å². The molecule has 318 valence electrons. The third-order valence-corrected chi connectivity index (χ3v) is 12.7. The number of halogens is 8. The molecule has 4 heterocycles. The van der Waals surface area contributed by atoms with Gasteiger partial charge in [0, 0.05) is 83.2 Å². The first kappa shape index (κ1) is 41.9. The molecule has 58 heavy (non-hydrogen) atoms. The van der Waals surface area contributed by atoms with Crippen LogP contribution in [0.25, 0.3) is 0 Å². The van der Waals surface area contributed by atoms with Crippen LogP contribution in [0.15, 0.2) is 36.7 Å². The van der Waals surface area contributed by atoms with Crippen molar-refractivity contribution in [3.63, 3.8) is 0 Å². The Labute approximate surface area is 329 Å². The molecular formula is C39H46F8N6O5. The number of nitrogens with zero attached hydrogens (tertiary/aromatic N) is 5. The van der Waals surface area contributed by atoms with Crippen LogP contribution in [-0.2, 0) is 25.7 Å². The maximum atomic E-state index is 14.4. The minimum absolute atomic E-state index is 0.00250. The monoisotopic (exact) mass is 830 g/mol. The molecule has 5 aliphatic rings. The highest BCUT2D eigenvalue weighted by molar-refractivity contribution is 5.96. The van der Waals surface area contributed by atoms with Gasteiger partial charge < -0.3 is 24.8 Å². The summed E-state index contributed by atoms with van der Waals surface area (Å²) in [6.45, 7) is 0.211. The number of aromatic nitrogens is 2. The third-order valence-electron chi connectivity index (χ3n) is 12.7. The minimum Gasteiger partial charge on any atom is -0.376 e. The molecule has 0 unspecified atom stereocenters. The molecule has 11 nitrogen and oxygen atoms in total. The van der Waals surface area contributed by atoms with Crippen LogP contribution in [0.5, 0.6) is 0 Å². The van der Waals surface area contributed by atoms with Gasteiger partial charge in [-0.3, -0.25) is 23.9 Å². The molecule has 1 N–H and O–H groups in total. The highest BCUT2D eigenvalue weighted by Gasteiger charge is 2.71. The maximum Gasteiger partial charge on any atom is 0.403 e. The van der Waals surface area contributed by atoms with Gasteiger partial charge >= 0.3 is 6.18 Å². The number of hydrogen-bond donors (Lipinski definition) is 1. The number of rotatable bonds is 11. The minimum atomic E-state index is -4.77. The topological polar surface area (TPSA) is 117 Å². The van der Waals surface area contributed by atoms with Gasteiger partial charge in [0.25, 0.3) is 11.8 Å². The zero-order valence-electron chi connectivity index (χ0n) is 31.9. The molecule has 2 saturated carbocycles. The summed E-state index contributed by atoms with van der Waals surface area (Å²) in [6.07, 6.45) is -5.26. The number of benzene rings is 1. The summed E-state index contributed by atoms with van der Waals surface area (Å²) in [7, 11) is 0. The molecule has 1 aromatic heterocycles. The van der Waals surface area contributed by atoms with Gasteiger partial charge in [0.1, 0.15) is 17.3 Å². The van der Waals surface area contributed by atoms with Crippen molar-refractivity contribution < 1.29 is 59.0 Å². The van der Waals surface area contributed by atoms with Crippen LogP contribution >= 0.6 is 0 Å². The second-order valence-corrected chi connectivity index (χ2v) is 16.9. The van der Waals surface area contributed by atoms with Gasteiger partial charge in [0.2, 0.25) is 23.6 Å². The zero-order chi connectivity index (χ0) is 41.8. The molecule has 3 saturated heterocycles. The van der Waals surface area contributed by atoms with Gasteiger partial charge in [-0.15, -0.1) is 0 Å². The number of amides is 4. The predicted octanol–water partition coefficient (Wildman–Crippen LogP) is 5.29. The van der Waals surface area contributed by atoms with E-state index in [0.29, 0.717) is 5.56 Å². The van der Waals surface area contributed by atoms with E-state index in [0.717, 1.165) is 4.90 Å². The molecule has 0 bridgehead atoms. The number of likely N-dealkylation sites (tertiary alicyclic amines) is 3. The molecule has 2 aromatic rings. The highest BCUT2D eigenvalue weighted by atomic mass is 19.4. The second-order valence-electron chi connectivity index (χ2n) is 16.9. The lowest BCUT2D eigenvalue weighted by Gasteiger charge is -2.51. The van der Waals surface area contributed by atoms with Crippen molar-refractivity contribution in [3.05, 3.63) is 53.6 Å². The Morgan fingerprint density at radius 1 is 0.879 bits per heavy atom. The number of ether oxygens (including phenoxy) is 1. The van der Waals surface area contributed by atoms with Crippen molar-refractivity contribution in [1.82, 2.24) is 29.8 Å².